The van der Waals surface area contributed by atoms with E-state index in [2.05, 4.69) is 5.32 Å². The van der Waals surface area contributed by atoms with E-state index in [9.17, 15) is 9.90 Å². The molecule has 0 bridgehead atoms. The summed E-state index contributed by atoms with van der Waals surface area (Å²) in [5, 5.41) is 12.8. The number of carbonyl (C=O) groups is 1. The monoisotopic (exact) mass is 252 g/mol. The first-order chi connectivity index (χ1) is 8.54. The number of benzene rings is 1. The first kappa shape index (κ1) is 14.3. The van der Waals surface area contributed by atoms with Crippen molar-refractivity contribution in [3.8, 4) is 11.5 Å². The molecule has 0 spiro atoms. The van der Waals surface area contributed by atoms with Crippen LogP contribution in [-0.2, 0) is 4.79 Å². The van der Waals surface area contributed by atoms with Gasteiger partial charge in [0.1, 0.15) is 0 Å². The molecule has 1 rings (SSSR count). The molecule has 1 aromatic carbocycles. The fourth-order valence-electron chi connectivity index (χ4n) is 1.66. The topological polar surface area (TPSA) is 84.6 Å². The number of rotatable bonds is 7. The van der Waals surface area contributed by atoms with Gasteiger partial charge in [-0.25, -0.2) is 0 Å². The minimum atomic E-state index is -0.282. The molecule has 0 aliphatic rings. The summed E-state index contributed by atoms with van der Waals surface area (Å²) in [6.07, 6.45) is 1.10. The standard InChI is InChI=1S/C13H20N2O3/c1-9(15-7-3-4-13(14)17)10-5-6-11(16)12(8-10)18-2/h5-6,8-9,15-16H,3-4,7H2,1-2H3,(H2,14,17). The van der Waals surface area contributed by atoms with E-state index in [1.165, 1.54) is 7.11 Å². The number of phenolic OH excluding ortho intramolecular Hbond substituents is 1. The number of primary amides is 1. The number of hydrogen-bond acceptors (Lipinski definition) is 4. The van der Waals surface area contributed by atoms with Crippen LogP contribution >= 0.6 is 0 Å². The second kappa shape index (κ2) is 6.86. The van der Waals surface area contributed by atoms with Crippen molar-refractivity contribution < 1.29 is 14.6 Å². The molecule has 5 nitrogen and oxygen atoms in total. The van der Waals surface area contributed by atoms with Gasteiger partial charge in [-0.1, -0.05) is 6.07 Å². The molecule has 1 unspecified atom stereocenters. The van der Waals surface area contributed by atoms with Crippen molar-refractivity contribution in [3.05, 3.63) is 23.8 Å². The zero-order chi connectivity index (χ0) is 13.5. The van der Waals surface area contributed by atoms with Crippen LogP contribution < -0.4 is 15.8 Å². The van der Waals surface area contributed by atoms with E-state index in [0.717, 1.165) is 12.0 Å². The number of phenols is 1. The van der Waals surface area contributed by atoms with Crippen LogP contribution in [0.1, 0.15) is 31.4 Å². The SMILES string of the molecule is COc1cc(C(C)NCCCC(N)=O)ccc1O. The lowest BCUT2D eigenvalue weighted by molar-refractivity contribution is -0.118. The molecule has 0 heterocycles. The van der Waals surface area contributed by atoms with Crippen LogP contribution in [0.2, 0.25) is 0 Å². The van der Waals surface area contributed by atoms with Gasteiger partial charge in [0.05, 0.1) is 7.11 Å². The number of hydrogen-bond donors (Lipinski definition) is 3. The number of amides is 1. The van der Waals surface area contributed by atoms with Crippen LogP contribution in [0.15, 0.2) is 18.2 Å². The third-order valence-electron chi connectivity index (χ3n) is 2.75. The molecule has 0 fully saturated rings. The second-order valence-corrected chi connectivity index (χ2v) is 4.18. The molecule has 18 heavy (non-hydrogen) atoms. The van der Waals surface area contributed by atoms with Crippen LogP contribution in [0.3, 0.4) is 0 Å². The van der Waals surface area contributed by atoms with Crippen LogP contribution in [0.25, 0.3) is 0 Å². The fourth-order valence-corrected chi connectivity index (χ4v) is 1.66. The Hall–Kier alpha value is -1.75. The molecule has 100 valence electrons. The fraction of sp³-hybridized carbons (Fsp3) is 0.462. The average Bonchev–Trinajstić information content (AvgIpc) is 2.34. The van der Waals surface area contributed by atoms with Crippen molar-refractivity contribution >= 4 is 5.91 Å². The molecular weight excluding hydrogens is 232 g/mol. The molecule has 0 aliphatic heterocycles. The normalized spacial score (nSPS) is 12.1. The maximum Gasteiger partial charge on any atom is 0.217 e. The molecule has 0 aromatic heterocycles. The van der Waals surface area contributed by atoms with Gasteiger partial charge in [0.2, 0.25) is 5.91 Å². The van der Waals surface area contributed by atoms with Crippen molar-refractivity contribution in [1.29, 1.82) is 0 Å². The molecule has 0 saturated carbocycles. The number of nitrogens with two attached hydrogens (primary N) is 1. The molecule has 4 N–H and O–H groups in total. The molecule has 0 aliphatic carbocycles. The number of methoxy groups -OCH3 is 1. The van der Waals surface area contributed by atoms with Gasteiger partial charge in [-0.15, -0.1) is 0 Å². The zero-order valence-electron chi connectivity index (χ0n) is 10.8. The predicted octanol–water partition coefficient (Wildman–Crippen LogP) is 1.32. The van der Waals surface area contributed by atoms with Gasteiger partial charge in [0.15, 0.2) is 11.5 Å². The Bertz CT molecular complexity index is 407. The van der Waals surface area contributed by atoms with E-state index in [0.29, 0.717) is 18.7 Å². The van der Waals surface area contributed by atoms with Crippen LogP contribution in [0, 0.1) is 0 Å². The van der Waals surface area contributed by atoms with Gasteiger partial charge in [-0.05, 0) is 37.6 Å². The maximum absolute atomic E-state index is 10.6. The zero-order valence-corrected chi connectivity index (χ0v) is 10.8. The van der Waals surface area contributed by atoms with Gasteiger partial charge in [0.25, 0.3) is 0 Å². The molecule has 0 radical (unpaired) electrons. The summed E-state index contributed by atoms with van der Waals surface area (Å²) in [7, 11) is 1.52. The Morgan fingerprint density at radius 3 is 2.89 bits per heavy atom. The third-order valence-corrected chi connectivity index (χ3v) is 2.75. The Morgan fingerprint density at radius 1 is 1.56 bits per heavy atom. The lowest BCUT2D eigenvalue weighted by Crippen LogP contribution is -2.21. The maximum atomic E-state index is 10.6. The van der Waals surface area contributed by atoms with Crippen molar-refractivity contribution in [2.24, 2.45) is 5.73 Å². The highest BCUT2D eigenvalue weighted by Gasteiger charge is 2.08. The Morgan fingerprint density at radius 2 is 2.28 bits per heavy atom. The molecule has 1 aromatic rings. The first-order valence-corrected chi connectivity index (χ1v) is 5.93. The van der Waals surface area contributed by atoms with E-state index < -0.39 is 0 Å². The summed E-state index contributed by atoms with van der Waals surface area (Å²) in [6, 6.07) is 5.35. The van der Waals surface area contributed by atoms with Crippen molar-refractivity contribution in [2.75, 3.05) is 13.7 Å². The summed E-state index contributed by atoms with van der Waals surface area (Å²) in [5.41, 5.74) is 6.08. The van der Waals surface area contributed by atoms with Crippen LogP contribution in [0.4, 0.5) is 0 Å². The third kappa shape index (κ3) is 4.25. The Labute approximate surface area is 107 Å². The van der Waals surface area contributed by atoms with Crippen molar-refractivity contribution in [3.63, 3.8) is 0 Å². The summed E-state index contributed by atoms with van der Waals surface area (Å²) < 4.78 is 5.05. The van der Waals surface area contributed by atoms with E-state index >= 15 is 0 Å². The summed E-state index contributed by atoms with van der Waals surface area (Å²) >= 11 is 0. The lowest BCUT2D eigenvalue weighted by Gasteiger charge is -2.15. The highest BCUT2D eigenvalue weighted by molar-refractivity contribution is 5.73. The van der Waals surface area contributed by atoms with Gasteiger partial charge in [0, 0.05) is 12.5 Å². The van der Waals surface area contributed by atoms with E-state index in [1.807, 2.05) is 13.0 Å². The number of aromatic hydroxyl groups is 1. The summed E-state index contributed by atoms with van der Waals surface area (Å²) in [5.74, 6) is 0.302. The lowest BCUT2D eigenvalue weighted by atomic mass is 10.1. The van der Waals surface area contributed by atoms with E-state index in [-0.39, 0.29) is 17.7 Å². The van der Waals surface area contributed by atoms with Gasteiger partial charge in [-0.2, -0.15) is 0 Å². The second-order valence-electron chi connectivity index (χ2n) is 4.18. The van der Waals surface area contributed by atoms with Crippen molar-refractivity contribution in [1.82, 2.24) is 5.32 Å². The van der Waals surface area contributed by atoms with Crippen LogP contribution in [0.5, 0.6) is 11.5 Å². The van der Waals surface area contributed by atoms with E-state index in [1.54, 1.807) is 12.1 Å². The molecule has 1 atom stereocenters. The smallest absolute Gasteiger partial charge is 0.217 e. The highest BCUT2D eigenvalue weighted by Crippen LogP contribution is 2.28. The first-order valence-electron chi connectivity index (χ1n) is 5.93. The predicted molar refractivity (Wildman–Crippen MR) is 69.5 cm³/mol. The van der Waals surface area contributed by atoms with Crippen LogP contribution in [-0.4, -0.2) is 24.7 Å². The highest BCUT2D eigenvalue weighted by atomic mass is 16.5. The van der Waals surface area contributed by atoms with Gasteiger partial charge >= 0.3 is 0 Å². The molecular formula is C13H20N2O3. The number of nitrogens with one attached hydrogen (secondary N) is 1. The van der Waals surface area contributed by atoms with Crippen molar-refractivity contribution in [2.45, 2.75) is 25.8 Å². The van der Waals surface area contributed by atoms with E-state index in [4.69, 9.17) is 10.5 Å². The largest absolute Gasteiger partial charge is 0.504 e. The molecule has 5 heteroatoms. The Kier molecular flexibility index (Phi) is 5.45. The number of carbonyl (C=O) groups excluding carboxylic acids is 1. The minimum absolute atomic E-state index is 0.118. The molecule has 1 amide bonds. The van der Waals surface area contributed by atoms with Gasteiger partial charge in [-0.3, -0.25) is 4.79 Å². The molecule has 0 saturated heterocycles. The minimum Gasteiger partial charge on any atom is -0.504 e. The quantitative estimate of drug-likeness (QED) is 0.639. The summed E-state index contributed by atoms with van der Waals surface area (Å²) in [6.45, 7) is 2.73. The average molecular weight is 252 g/mol. The van der Waals surface area contributed by atoms with Gasteiger partial charge < -0.3 is 20.9 Å². The Balaban J connectivity index is 2.50. The number of ether oxygens (including phenoxy) is 1. The summed E-state index contributed by atoms with van der Waals surface area (Å²) in [4.78, 5) is 10.6.